The van der Waals surface area contributed by atoms with E-state index in [1.165, 1.54) is 0 Å². The van der Waals surface area contributed by atoms with Crippen molar-refractivity contribution in [2.24, 2.45) is 5.92 Å². The van der Waals surface area contributed by atoms with E-state index in [0.717, 1.165) is 13.0 Å². The number of nitrogens with zero attached hydrogens (tertiary/aromatic N) is 1. The zero-order valence-electron chi connectivity index (χ0n) is 9.76. The zero-order chi connectivity index (χ0) is 11.7. The van der Waals surface area contributed by atoms with E-state index in [9.17, 15) is 4.79 Å². The topological polar surface area (TPSA) is 59.0 Å². The average molecular weight is 229 g/mol. The summed E-state index contributed by atoms with van der Waals surface area (Å²) < 4.78 is 10.8. The number of carboxylic acid groups (broad SMARTS) is 1. The van der Waals surface area contributed by atoms with E-state index in [1.54, 1.807) is 0 Å². The van der Waals surface area contributed by atoms with E-state index in [1.807, 2.05) is 14.0 Å². The predicted octanol–water partition coefficient (Wildman–Crippen LogP) is 0.195. The van der Waals surface area contributed by atoms with Crippen LogP contribution in [0.3, 0.4) is 0 Å². The van der Waals surface area contributed by atoms with Crippen molar-refractivity contribution in [3.05, 3.63) is 0 Å². The van der Waals surface area contributed by atoms with Gasteiger partial charge in [-0.05, 0) is 20.4 Å². The molecule has 4 unspecified atom stereocenters. The Bertz CT molecular complexity index is 271. The molecule has 2 rings (SSSR count). The molecule has 5 heteroatoms. The molecule has 0 bridgehead atoms. The molecule has 2 aliphatic heterocycles. The van der Waals surface area contributed by atoms with Crippen molar-refractivity contribution in [1.29, 1.82) is 0 Å². The first-order valence-electron chi connectivity index (χ1n) is 5.75. The molecule has 4 atom stereocenters. The zero-order valence-corrected chi connectivity index (χ0v) is 9.76. The molecule has 16 heavy (non-hydrogen) atoms. The molecule has 0 spiro atoms. The van der Waals surface area contributed by atoms with Crippen LogP contribution in [0.25, 0.3) is 0 Å². The largest absolute Gasteiger partial charge is 0.481 e. The van der Waals surface area contributed by atoms with Crippen molar-refractivity contribution in [3.63, 3.8) is 0 Å². The molecule has 0 aliphatic carbocycles. The minimum absolute atomic E-state index is 0.0216. The summed E-state index contributed by atoms with van der Waals surface area (Å²) in [5.74, 6) is -1.17. The van der Waals surface area contributed by atoms with Crippen LogP contribution < -0.4 is 0 Å². The van der Waals surface area contributed by atoms with E-state index in [4.69, 9.17) is 14.6 Å². The van der Waals surface area contributed by atoms with E-state index >= 15 is 0 Å². The number of aliphatic carboxylic acids is 1. The second-order valence-electron chi connectivity index (χ2n) is 4.65. The summed E-state index contributed by atoms with van der Waals surface area (Å²) in [6.45, 7) is 3.64. The van der Waals surface area contributed by atoms with Crippen molar-refractivity contribution in [3.8, 4) is 0 Å². The van der Waals surface area contributed by atoms with E-state index in [-0.39, 0.29) is 12.1 Å². The Morgan fingerprint density at radius 2 is 2.12 bits per heavy atom. The van der Waals surface area contributed by atoms with Crippen LogP contribution in [-0.2, 0) is 14.3 Å². The molecule has 5 nitrogen and oxygen atoms in total. The van der Waals surface area contributed by atoms with Gasteiger partial charge in [0.25, 0.3) is 0 Å². The van der Waals surface area contributed by atoms with Gasteiger partial charge in [0.05, 0.1) is 25.2 Å². The molecule has 0 aromatic rings. The Balaban J connectivity index is 2.03. The number of hydrogen-bond acceptors (Lipinski definition) is 4. The first kappa shape index (κ1) is 11.8. The smallest absolute Gasteiger partial charge is 0.310 e. The Labute approximate surface area is 95.3 Å². The summed E-state index contributed by atoms with van der Waals surface area (Å²) in [5.41, 5.74) is 0. The van der Waals surface area contributed by atoms with Crippen molar-refractivity contribution in [2.45, 2.75) is 31.5 Å². The molecule has 0 amide bonds. The molecule has 1 N–H and O–H groups in total. The molecule has 0 aromatic carbocycles. The van der Waals surface area contributed by atoms with Crippen molar-refractivity contribution in [1.82, 2.24) is 4.90 Å². The summed E-state index contributed by atoms with van der Waals surface area (Å²) in [7, 11) is 1.98. The molecule has 2 saturated heterocycles. The fraction of sp³-hybridized carbons (Fsp3) is 0.909. The third-order valence-corrected chi connectivity index (χ3v) is 3.75. The van der Waals surface area contributed by atoms with Crippen LogP contribution in [0.5, 0.6) is 0 Å². The quantitative estimate of drug-likeness (QED) is 0.749. The lowest BCUT2D eigenvalue weighted by Gasteiger charge is -2.33. The fourth-order valence-corrected chi connectivity index (χ4v) is 2.68. The molecule has 0 aromatic heterocycles. The summed E-state index contributed by atoms with van der Waals surface area (Å²) in [6.07, 6.45) is 1.15. The van der Waals surface area contributed by atoms with Gasteiger partial charge in [0, 0.05) is 18.7 Å². The van der Waals surface area contributed by atoms with Gasteiger partial charge in [0.15, 0.2) is 0 Å². The Morgan fingerprint density at radius 3 is 2.69 bits per heavy atom. The van der Waals surface area contributed by atoms with Crippen LogP contribution in [0, 0.1) is 5.92 Å². The van der Waals surface area contributed by atoms with Crippen LogP contribution in [0.2, 0.25) is 0 Å². The highest BCUT2D eigenvalue weighted by Crippen LogP contribution is 2.26. The normalized spacial score (nSPS) is 39.4. The Kier molecular flexibility index (Phi) is 3.47. The Hall–Kier alpha value is -0.650. The van der Waals surface area contributed by atoms with Crippen molar-refractivity contribution in [2.75, 3.05) is 26.9 Å². The van der Waals surface area contributed by atoms with Gasteiger partial charge in [-0.2, -0.15) is 0 Å². The molecule has 2 heterocycles. The van der Waals surface area contributed by atoms with Crippen LogP contribution in [0.1, 0.15) is 13.3 Å². The highest BCUT2D eigenvalue weighted by molar-refractivity contribution is 5.71. The summed E-state index contributed by atoms with van der Waals surface area (Å²) in [6, 6.07) is 0.292. The molecule has 0 saturated carbocycles. The third-order valence-electron chi connectivity index (χ3n) is 3.75. The molecular formula is C11H19NO4. The second kappa shape index (κ2) is 4.69. The lowest BCUT2D eigenvalue weighted by molar-refractivity contribution is -0.143. The Morgan fingerprint density at radius 1 is 1.38 bits per heavy atom. The van der Waals surface area contributed by atoms with Gasteiger partial charge in [-0.25, -0.2) is 0 Å². The number of carboxylic acids is 1. The van der Waals surface area contributed by atoms with E-state index in [2.05, 4.69) is 4.90 Å². The van der Waals surface area contributed by atoms with Crippen LogP contribution in [0.15, 0.2) is 0 Å². The maximum absolute atomic E-state index is 11.1. The molecule has 2 fully saturated rings. The third kappa shape index (κ3) is 2.07. The standard InChI is InChI=1S/C11H19NO4/c1-7-9(3-4-16-7)12(2)10-6-15-5-8(10)11(13)14/h7-10H,3-6H2,1-2H3,(H,13,14). The van der Waals surface area contributed by atoms with Crippen LogP contribution >= 0.6 is 0 Å². The molecular weight excluding hydrogens is 210 g/mol. The minimum Gasteiger partial charge on any atom is -0.481 e. The number of hydrogen-bond donors (Lipinski definition) is 1. The second-order valence-corrected chi connectivity index (χ2v) is 4.65. The van der Waals surface area contributed by atoms with E-state index in [0.29, 0.717) is 19.3 Å². The van der Waals surface area contributed by atoms with Gasteiger partial charge < -0.3 is 14.6 Å². The van der Waals surface area contributed by atoms with Gasteiger partial charge >= 0.3 is 5.97 Å². The van der Waals surface area contributed by atoms with E-state index < -0.39 is 11.9 Å². The molecule has 92 valence electrons. The summed E-state index contributed by atoms with van der Waals surface area (Å²) >= 11 is 0. The number of rotatable bonds is 3. The van der Waals surface area contributed by atoms with Gasteiger partial charge in [-0.1, -0.05) is 0 Å². The predicted molar refractivity (Wildman–Crippen MR) is 57.3 cm³/mol. The van der Waals surface area contributed by atoms with Gasteiger partial charge in [-0.3, -0.25) is 9.69 Å². The first-order chi connectivity index (χ1) is 7.61. The number of likely N-dealkylation sites (N-methyl/N-ethyl adjacent to an activating group) is 1. The highest BCUT2D eigenvalue weighted by Gasteiger charge is 2.41. The maximum Gasteiger partial charge on any atom is 0.310 e. The van der Waals surface area contributed by atoms with Crippen LogP contribution in [-0.4, -0.2) is 61.0 Å². The minimum atomic E-state index is -0.763. The van der Waals surface area contributed by atoms with Crippen molar-refractivity contribution >= 4 is 5.97 Å². The SMILES string of the molecule is CC1OCCC1N(C)C1COCC1C(=O)O. The van der Waals surface area contributed by atoms with Crippen LogP contribution in [0.4, 0.5) is 0 Å². The first-order valence-corrected chi connectivity index (χ1v) is 5.75. The molecule has 0 radical (unpaired) electrons. The van der Waals surface area contributed by atoms with Gasteiger partial charge in [0.2, 0.25) is 0 Å². The highest BCUT2D eigenvalue weighted by atomic mass is 16.5. The average Bonchev–Trinajstić information content (AvgIpc) is 2.84. The van der Waals surface area contributed by atoms with Gasteiger partial charge in [0.1, 0.15) is 0 Å². The molecule has 2 aliphatic rings. The maximum atomic E-state index is 11.1. The lowest BCUT2D eigenvalue weighted by atomic mass is 9.99. The number of ether oxygens (including phenoxy) is 2. The number of carbonyl (C=O) groups is 1. The fourth-order valence-electron chi connectivity index (χ4n) is 2.68. The lowest BCUT2D eigenvalue weighted by Crippen LogP contribution is -2.48. The van der Waals surface area contributed by atoms with Crippen molar-refractivity contribution < 1.29 is 19.4 Å². The summed E-state index contributed by atoms with van der Waals surface area (Å²) in [4.78, 5) is 13.2. The monoisotopic (exact) mass is 229 g/mol. The van der Waals surface area contributed by atoms with Gasteiger partial charge in [-0.15, -0.1) is 0 Å². The summed E-state index contributed by atoms with van der Waals surface area (Å²) in [5, 5.41) is 9.10.